The summed E-state index contributed by atoms with van der Waals surface area (Å²) in [5.74, 6) is 0. The molecule has 1 nitrogen and oxygen atoms in total. The van der Waals surface area contributed by atoms with Crippen LogP contribution in [-0.2, 0) is 0 Å². The zero-order valence-electron chi connectivity index (χ0n) is 3.94. The number of rotatable bonds is 2. The predicted octanol–water partition coefficient (Wildman–Crippen LogP) is 2.49. The topological polar surface area (TPSA) is 20.2 Å². The number of aliphatic hydroxyl groups excluding tert-OH is 1. The second-order valence-electron chi connectivity index (χ2n) is 1.13. The van der Waals surface area contributed by atoms with E-state index in [2.05, 4.69) is 67.8 Å². The molecule has 0 aliphatic rings. The van der Waals surface area contributed by atoms with E-state index in [-0.39, 0.29) is 6.04 Å². The highest BCUT2D eigenvalue weighted by Gasteiger charge is 2.09. The van der Waals surface area contributed by atoms with Crippen LogP contribution in [0.5, 0.6) is 0 Å². The molecule has 0 aromatic carbocycles. The van der Waals surface area contributed by atoms with Gasteiger partial charge in [0.2, 0.25) is 0 Å². The lowest BCUT2D eigenvalue weighted by molar-refractivity contribution is 0.342. The zero-order valence-corrected chi connectivity index (χ0v) is 10.4. The Bertz CT molecular complexity index is 83.8. The Hall–Kier alpha value is 1.89. The van der Waals surface area contributed by atoms with Gasteiger partial charge in [-0.1, -0.05) is 79.9 Å². The Kier molecular flexibility index (Phi) is 5.77. The first-order valence-corrected chi connectivity index (χ1v) is 5.15. The minimum absolute atomic E-state index is 0.121. The van der Waals surface area contributed by atoms with E-state index in [0.717, 1.165) is 0 Å². The molecule has 0 atom stereocenters. The molecule has 0 unspecified atom stereocenters. The number of hydrogen-bond acceptors (Lipinski definition) is 1. The van der Waals surface area contributed by atoms with Crippen molar-refractivity contribution in [3.63, 3.8) is 0 Å². The van der Waals surface area contributed by atoms with Crippen molar-refractivity contribution in [1.29, 1.82) is 0 Å². The molecule has 1 N–H and O–H groups in total. The Morgan fingerprint density at radius 2 is 1.88 bits per heavy atom. The molecule has 0 aromatic heterocycles. The average molecular weight is 450 g/mol. The highest BCUT2D eigenvalue weighted by molar-refractivity contribution is 14.3. The monoisotopic (exact) mass is 450 g/mol. The first kappa shape index (κ1) is 9.89. The van der Waals surface area contributed by atoms with E-state index in [1.807, 2.05) is 6.08 Å². The van der Waals surface area contributed by atoms with Crippen LogP contribution < -0.4 is 0 Å². The second-order valence-corrected chi connectivity index (χ2v) is 12.4. The number of alkyl halides is 3. The first-order valence-electron chi connectivity index (χ1n) is 1.91. The highest BCUT2D eigenvalue weighted by Crippen LogP contribution is 2.36. The lowest BCUT2D eigenvalue weighted by Crippen LogP contribution is -1.90. The summed E-state index contributed by atoms with van der Waals surface area (Å²) >= 11 is 6.83. The first-order chi connectivity index (χ1) is 3.56. The molecule has 0 spiro atoms. The zero-order chi connectivity index (χ0) is 6.62. The Morgan fingerprint density at radius 3 is 2.00 bits per heavy atom. The van der Waals surface area contributed by atoms with Crippen molar-refractivity contribution in [3.8, 4) is 0 Å². The van der Waals surface area contributed by atoms with Crippen LogP contribution in [0.2, 0.25) is 0 Å². The normalized spacial score (nSPS) is 13.0. The van der Waals surface area contributed by atoms with Gasteiger partial charge in [0, 0.05) is 0 Å². The summed E-state index contributed by atoms with van der Waals surface area (Å²) in [6.07, 6.45) is 3.69. The number of halogens is 3. The maximum atomic E-state index is 8.33. The quantitative estimate of drug-likeness (QED) is 0.390. The van der Waals surface area contributed by atoms with Crippen LogP contribution in [0.4, 0.5) is 0 Å². The minimum atomic E-state index is 0.121. The largest absolute Gasteiger partial charge is 0.392 e. The van der Waals surface area contributed by atoms with Gasteiger partial charge < -0.3 is 5.11 Å². The molecule has 4 heteroatoms. The number of aliphatic hydroxyl groups is 1. The van der Waals surface area contributed by atoms with Gasteiger partial charge in [0.15, 0.2) is 0 Å². The fourth-order valence-electron chi connectivity index (χ4n) is 0.186. The molecule has 8 heavy (non-hydrogen) atoms. The lowest BCUT2D eigenvalue weighted by atomic mass is 10.6. The van der Waals surface area contributed by atoms with Crippen LogP contribution in [-0.4, -0.2) is 11.1 Å². The standard InChI is InChI=1S/C4H5I3O/c5-4(6,7)2-1-3-8/h1-2,8H,3H2. The van der Waals surface area contributed by atoms with Crippen molar-refractivity contribution in [2.75, 3.05) is 6.61 Å². The van der Waals surface area contributed by atoms with Gasteiger partial charge in [0.1, 0.15) is -0.565 Å². The number of allylic oxidation sites excluding steroid dienone is 1. The average Bonchev–Trinajstić information content (AvgIpc) is 1.59. The van der Waals surface area contributed by atoms with Crippen LogP contribution in [0.25, 0.3) is 0 Å². The third kappa shape index (κ3) is 7.89. The molecular formula is C4H5I3O. The highest BCUT2D eigenvalue weighted by atomic mass is 127. The molecule has 48 valence electrons. The van der Waals surface area contributed by atoms with E-state index in [9.17, 15) is 0 Å². The van der Waals surface area contributed by atoms with Crippen molar-refractivity contribution < 1.29 is 5.11 Å². The molecule has 0 bridgehead atoms. The van der Waals surface area contributed by atoms with Crippen molar-refractivity contribution in [2.24, 2.45) is 0 Å². The molecule has 0 saturated carbocycles. The van der Waals surface area contributed by atoms with Crippen LogP contribution >= 0.6 is 67.8 Å². The fourth-order valence-corrected chi connectivity index (χ4v) is 0.949. The third-order valence-electron chi connectivity index (χ3n) is 0.412. The molecule has 0 fully saturated rings. The minimum Gasteiger partial charge on any atom is -0.392 e. The van der Waals surface area contributed by atoms with E-state index in [0.29, 0.717) is 0 Å². The molecule has 0 aromatic rings. The molecular weight excluding hydrogens is 445 g/mol. The van der Waals surface area contributed by atoms with Gasteiger partial charge in [0.25, 0.3) is 0 Å². The van der Waals surface area contributed by atoms with Gasteiger partial charge in [-0.05, 0) is 0 Å². The maximum absolute atomic E-state index is 8.33. The summed E-state index contributed by atoms with van der Waals surface area (Å²) < 4.78 is 0.121. The van der Waals surface area contributed by atoms with Gasteiger partial charge in [-0.15, -0.1) is 0 Å². The Labute approximate surface area is 89.7 Å². The number of hydrogen-bond donors (Lipinski definition) is 1. The molecule has 0 heterocycles. The van der Waals surface area contributed by atoms with Gasteiger partial charge in [0.05, 0.1) is 6.61 Å². The molecule has 0 aliphatic heterocycles. The predicted molar refractivity (Wildman–Crippen MR) is 61.0 cm³/mol. The summed E-state index contributed by atoms with van der Waals surface area (Å²) in [5.41, 5.74) is 0. The van der Waals surface area contributed by atoms with Gasteiger partial charge in [-0.25, -0.2) is 0 Å². The van der Waals surface area contributed by atoms with Crippen LogP contribution in [0, 0.1) is 0 Å². The van der Waals surface area contributed by atoms with E-state index >= 15 is 0 Å². The Morgan fingerprint density at radius 1 is 1.38 bits per heavy atom. The van der Waals surface area contributed by atoms with Crippen molar-refractivity contribution in [2.45, 2.75) is -0.565 Å². The van der Waals surface area contributed by atoms with Crippen LogP contribution in [0.1, 0.15) is 0 Å². The summed E-state index contributed by atoms with van der Waals surface area (Å²) in [7, 11) is 0. The summed E-state index contributed by atoms with van der Waals surface area (Å²) in [6, 6.07) is 0. The molecule has 0 saturated heterocycles. The Balaban J connectivity index is 3.52. The smallest absolute Gasteiger partial charge is 0.142 e. The summed E-state index contributed by atoms with van der Waals surface area (Å²) in [4.78, 5) is 0. The molecule has 0 radical (unpaired) electrons. The van der Waals surface area contributed by atoms with Crippen molar-refractivity contribution >= 4 is 67.8 Å². The van der Waals surface area contributed by atoms with E-state index in [1.165, 1.54) is 0 Å². The van der Waals surface area contributed by atoms with Gasteiger partial charge in [-0.3, -0.25) is 0 Å². The molecule has 0 amide bonds. The lowest BCUT2D eigenvalue weighted by Gasteiger charge is -2.02. The van der Waals surface area contributed by atoms with Crippen LogP contribution in [0.3, 0.4) is 0 Å². The van der Waals surface area contributed by atoms with Gasteiger partial charge in [-0.2, -0.15) is 0 Å². The fraction of sp³-hybridized carbons (Fsp3) is 0.500. The summed E-state index contributed by atoms with van der Waals surface area (Å²) in [5, 5.41) is 8.33. The van der Waals surface area contributed by atoms with E-state index in [1.54, 1.807) is 6.08 Å². The van der Waals surface area contributed by atoms with Crippen molar-refractivity contribution in [1.82, 2.24) is 0 Å². The molecule has 0 rings (SSSR count). The van der Waals surface area contributed by atoms with Crippen LogP contribution in [0.15, 0.2) is 12.2 Å². The summed E-state index contributed by atoms with van der Waals surface area (Å²) in [6.45, 7) is 0.136. The second kappa shape index (κ2) is 4.67. The van der Waals surface area contributed by atoms with Crippen molar-refractivity contribution in [3.05, 3.63) is 12.2 Å². The maximum Gasteiger partial charge on any atom is 0.142 e. The third-order valence-corrected chi connectivity index (χ3v) is 1.49. The van der Waals surface area contributed by atoms with Gasteiger partial charge >= 0.3 is 0 Å². The van der Waals surface area contributed by atoms with E-state index < -0.39 is 0 Å². The molecule has 0 aliphatic carbocycles. The van der Waals surface area contributed by atoms with E-state index in [4.69, 9.17) is 5.11 Å². The SMILES string of the molecule is OCC=CC(I)(I)I.